The minimum atomic E-state index is -0.992. The zero-order valence-electron chi connectivity index (χ0n) is 10.9. The highest BCUT2D eigenvalue weighted by Gasteiger charge is 2.29. The molecule has 1 atom stereocenters. The lowest BCUT2D eigenvalue weighted by Gasteiger charge is -2.36. The molecule has 0 spiro atoms. The summed E-state index contributed by atoms with van der Waals surface area (Å²) in [5.74, 6) is -1.11. The van der Waals surface area contributed by atoms with Crippen LogP contribution in [0.1, 0.15) is 10.4 Å². The molecule has 1 aliphatic rings. The van der Waals surface area contributed by atoms with E-state index in [2.05, 4.69) is 21.2 Å². The molecule has 1 fully saturated rings. The Morgan fingerprint density at radius 1 is 1.50 bits per heavy atom. The molecule has 0 aliphatic carbocycles. The molecule has 108 valence electrons. The Balaban J connectivity index is 2.31. The first-order chi connectivity index (χ1) is 9.54. The summed E-state index contributed by atoms with van der Waals surface area (Å²) < 4.78 is 5.83. The minimum absolute atomic E-state index is 0.122. The third-order valence-electron chi connectivity index (χ3n) is 3.19. The molecule has 1 amide bonds. The van der Waals surface area contributed by atoms with E-state index in [1.807, 2.05) is 4.90 Å². The number of nitrogens with zero attached hydrogens (tertiary/aromatic N) is 1. The Morgan fingerprint density at radius 2 is 2.25 bits per heavy atom. The first-order valence-corrected chi connectivity index (χ1v) is 6.92. The Kier molecular flexibility index (Phi) is 4.61. The summed E-state index contributed by atoms with van der Waals surface area (Å²) in [7, 11) is 1.58. The van der Waals surface area contributed by atoms with Gasteiger partial charge in [-0.1, -0.05) is 0 Å². The fraction of sp³-hybridized carbons (Fsp3) is 0.385. The van der Waals surface area contributed by atoms with Gasteiger partial charge in [0.05, 0.1) is 18.8 Å². The summed E-state index contributed by atoms with van der Waals surface area (Å²) in [5, 5.41) is 11.6. The number of aromatic carboxylic acids is 1. The molecule has 7 heteroatoms. The monoisotopic (exact) mass is 342 g/mol. The third-order valence-corrected chi connectivity index (χ3v) is 3.85. The lowest BCUT2D eigenvalue weighted by Crippen LogP contribution is -2.53. The van der Waals surface area contributed by atoms with Crippen LogP contribution in [0.15, 0.2) is 22.7 Å². The van der Waals surface area contributed by atoms with E-state index in [-0.39, 0.29) is 11.5 Å². The molecule has 1 saturated heterocycles. The Morgan fingerprint density at radius 3 is 2.85 bits per heavy atom. The predicted molar refractivity (Wildman–Crippen MR) is 77.1 cm³/mol. The van der Waals surface area contributed by atoms with E-state index in [9.17, 15) is 9.59 Å². The zero-order chi connectivity index (χ0) is 14.7. The highest BCUT2D eigenvalue weighted by molar-refractivity contribution is 9.10. The summed E-state index contributed by atoms with van der Waals surface area (Å²) in [6.07, 6.45) is 0. The van der Waals surface area contributed by atoms with Crippen molar-refractivity contribution in [3.05, 3.63) is 28.2 Å². The van der Waals surface area contributed by atoms with Crippen molar-refractivity contribution in [3.8, 4) is 0 Å². The van der Waals surface area contributed by atoms with Crippen LogP contribution < -0.4 is 10.2 Å². The van der Waals surface area contributed by atoms with Crippen molar-refractivity contribution in [1.82, 2.24) is 5.32 Å². The summed E-state index contributed by atoms with van der Waals surface area (Å²) in [6, 6.07) is 4.54. The number of carbonyl (C=O) groups is 2. The summed E-state index contributed by atoms with van der Waals surface area (Å²) in [4.78, 5) is 24.8. The number of morpholine rings is 1. The molecular formula is C13H15BrN2O4. The number of carbonyl (C=O) groups excluding carboxylic acids is 1. The van der Waals surface area contributed by atoms with Gasteiger partial charge in [-0.2, -0.15) is 0 Å². The summed E-state index contributed by atoms with van der Waals surface area (Å²) >= 11 is 3.25. The number of benzene rings is 1. The van der Waals surface area contributed by atoms with Crippen LogP contribution in [0.2, 0.25) is 0 Å². The van der Waals surface area contributed by atoms with Crippen molar-refractivity contribution in [2.24, 2.45) is 0 Å². The van der Waals surface area contributed by atoms with Crippen LogP contribution >= 0.6 is 15.9 Å². The second-order valence-corrected chi connectivity index (χ2v) is 5.22. The van der Waals surface area contributed by atoms with Crippen molar-refractivity contribution in [1.29, 1.82) is 0 Å². The topological polar surface area (TPSA) is 78.9 Å². The van der Waals surface area contributed by atoms with Crippen LogP contribution in [0.3, 0.4) is 0 Å². The molecule has 1 aromatic carbocycles. The van der Waals surface area contributed by atoms with Gasteiger partial charge in [-0.15, -0.1) is 0 Å². The molecule has 1 unspecified atom stereocenters. The molecule has 1 aliphatic heterocycles. The second kappa shape index (κ2) is 6.23. The van der Waals surface area contributed by atoms with Gasteiger partial charge in [0, 0.05) is 23.8 Å². The predicted octanol–water partition coefficient (Wildman–Crippen LogP) is 1.10. The quantitative estimate of drug-likeness (QED) is 0.859. The molecule has 2 rings (SSSR count). The number of carboxylic acids is 1. The normalized spacial score (nSPS) is 18.7. The average Bonchev–Trinajstić information content (AvgIpc) is 2.46. The van der Waals surface area contributed by atoms with Crippen molar-refractivity contribution < 1.29 is 19.4 Å². The van der Waals surface area contributed by atoms with E-state index in [4.69, 9.17) is 9.84 Å². The Bertz CT molecular complexity index is 535. The van der Waals surface area contributed by atoms with Crippen LogP contribution in [0.4, 0.5) is 5.69 Å². The van der Waals surface area contributed by atoms with Gasteiger partial charge in [0.1, 0.15) is 6.04 Å². The van der Waals surface area contributed by atoms with Gasteiger partial charge in [0.25, 0.3) is 0 Å². The number of ether oxygens (including phenoxy) is 1. The maximum absolute atomic E-state index is 11.9. The molecule has 6 nitrogen and oxygen atoms in total. The number of hydrogen-bond acceptors (Lipinski definition) is 4. The molecule has 0 bridgehead atoms. The number of hydrogen-bond donors (Lipinski definition) is 2. The fourth-order valence-electron chi connectivity index (χ4n) is 2.15. The van der Waals surface area contributed by atoms with Crippen molar-refractivity contribution in [3.63, 3.8) is 0 Å². The molecule has 0 saturated carbocycles. The maximum Gasteiger partial charge on any atom is 0.336 e. The van der Waals surface area contributed by atoms with Crippen molar-refractivity contribution >= 4 is 33.5 Å². The molecule has 1 heterocycles. The fourth-order valence-corrected chi connectivity index (χ4v) is 2.69. The molecule has 1 aromatic rings. The first kappa shape index (κ1) is 14.8. The minimum Gasteiger partial charge on any atom is -0.478 e. The molecular weight excluding hydrogens is 328 g/mol. The van der Waals surface area contributed by atoms with E-state index in [1.165, 1.54) is 6.07 Å². The standard InChI is InChI=1S/C13H15BrN2O4/c1-15-12(17)11-7-20-5-4-16(11)8-2-3-9(13(18)19)10(14)6-8/h2-3,6,11H,4-5,7H2,1H3,(H,15,17)(H,18,19). The van der Waals surface area contributed by atoms with Gasteiger partial charge >= 0.3 is 5.97 Å². The average molecular weight is 343 g/mol. The third kappa shape index (κ3) is 2.94. The maximum atomic E-state index is 11.9. The molecule has 20 heavy (non-hydrogen) atoms. The molecule has 2 N–H and O–H groups in total. The van der Waals surface area contributed by atoms with E-state index >= 15 is 0 Å². The van der Waals surface area contributed by atoms with Crippen LogP contribution in [-0.4, -0.2) is 49.8 Å². The van der Waals surface area contributed by atoms with Crippen LogP contribution in [0.25, 0.3) is 0 Å². The number of carboxylic acid groups (broad SMARTS) is 1. The molecule has 0 aromatic heterocycles. The first-order valence-electron chi connectivity index (χ1n) is 6.13. The smallest absolute Gasteiger partial charge is 0.336 e. The highest BCUT2D eigenvalue weighted by atomic mass is 79.9. The summed E-state index contributed by atoms with van der Waals surface area (Å²) in [6.45, 7) is 1.43. The molecule has 0 radical (unpaired) electrons. The van der Waals surface area contributed by atoms with Gasteiger partial charge in [-0.05, 0) is 34.1 Å². The number of amides is 1. The van der Waals surface area contributed by atoms with Gasteiger partial charge in [-0.3, -0.25) is 4.79 Å². The van der Waals surface area contributed by atoms with Crippen LogP contribution in [-0.2, 0) is 9.53 Å². The zero-order valence-corrected chi connectivity index (χ0v) is 12.5. The lowest BCUT2D eigenvalue weighted by molar-refractivity contribution is -0.124. The van der Waals surface area contributed by atoms with E-state index in [0.29, 0.717) is 24.2 Å². The van der Waals surface area contributed by atoms with Gasteiger partial charge in [-0.25, -0.2) is 4.79 Å². The van der Waals surface area contributed by atoms with Crippen molar-refractivity contribution in [2.45, 2.75) is 6.04 Å². The number of halogens is 1. The van der Waals surface area contributed by atoms with E-state index in [1.54, 1.807) is 19.2 Å². The number of likely N-dealkylation sites (N-methyl/N-ethyl adjacent to an activating group) is 1. The largest absolute Gasteiger partial charge is 0.478 e. The Hall–Kier alpha value is -1.60. The highest BCUT2D eigenvalue weighted by Crippen LogP contribution is 2.26. The van der Waals surface area contributed by atoms with E-state index < -0.39 is 12.0 Å². The number of rotatable bonds is 3. The second-order valence-electron chi connectivity index (χ2n) is 4.37. The number of nitrogens with one attached hydrogen (secondary N) is 1. The lowest BCUT2D eigenvalue weighted by atomic mass is 10.1. The number of anilines is 1. The van der Waals surface area contributed by atoms with Gasteiger partial charge in [0.15, 0.2) is 0 Å². The Labute approximate surface area is 124 Å². The van der Waals surface area contributed by atoms with E-state index in [0.717, 1.165) is 5.69 Å². The van der Waals surface area contributed by atoms with Crippen LogP contribution in [0, 0.1) is 0 Å². The van der Waals surface area contributed by atoms with Gasteiger partial charge in [0.2, 0.25) is 5.91 Å². The van der Waals surface area contributed by atoms with Crippen molar-refractivity contribution in [2.75, 3.05) is 31.7 Å². The van der Waals surface area contributed by atoms with Crippen LogP contribution in [0.5, 0.6) is 0 Å². The summed E-state index contributed by atoms with van der Waals surface area (Å²) in [5.41, 5.74) is 0.984. The SMILES string of the molecule is CNC(=O)C1COCCN1c1ccc(C(=O)O)c(Br)c1. The van der Waals surface area contributed by atoms with Gasteiger partial charge < -0.3 is 20.1 Å².